The molecule has 0 radical (unpaired) electrons. The van der Waals surface area contributed by atoms with Crippen molar-refractivity contribution in [2.75, 3.05) is 20.1 Å². The minimum atomic E-state index is 0.207. The summed E-state index contributed by atoms with van der Waals surface area (Å²) in [4.78, 5) is 12.5. The normalized spacial score (nSPS) is 21.9. The van der Waals surface area contributed by atoms with Crippen molar-refractivity contribution >= 4 is 5.78 Å². The van der Waals surface area contributed by atoms with E-state index in [2.05, 4.69) is 0 Å². The van der Waals surface area contributed by atoms with Crippen molar-refractivity contribution in [1.29, 1.82) is 0 Å². The lowest BCUT2D eigenvalue weighted by Crippen LogP contribution is -2.28. The van der Waals surface area contributed by atoms with Gasteiger partial charge in [0.25, 0.3) is 0 Å². The number of hydrogen-bond acceptors (Lipinski definition) is 2. The lowest BCUT2D eigenvalue weighted by atomic mass is 10.2. The van der Waals surface area contributed by atoms with Gasteiger partial charge in [0.1, 0.15) is 0 Å². The van der Waals surface area contributed by atoms with Crippen LogP contribution in [0.25, 0.3) is 0 Å². The smallest absolute Gasteiger partial charge is 0.169 e. The summed E-state index contributed by atoms with van der Waals surface area (Å²) in [6.07, 6.45) is 3.52. The van der Waals surface area contributed by atoms with Gasteiger partial charge in [-0.15, -0.1) is 0 Å². The van der Waals surface area contributed by atoms with Crippen molar-refractivity contribution in [3.63, 3.8) is 0 Å². The molecule has 0 unspecified atom stereocenters. The summed E-state index contributed by atoms with van der Waals surface area (Å²) in [6, 6.07) is 0. The van der Waals surface area contributed by atoms with E-state index in [9.17, 15) is 4.79 Å². The fourth-order valence-electron chi connectivity index (χ4n) is 0.747. The van der Waals surface area contributed by atoms with E-state index >= 15 is 0 Å². The average molecular weight is 111 g/mol. The zero-order valence-electron chi connectivity index (χ0n) is 4.92. The molecular weight excluding hydrogens is 102 g/mol. The maximum Gasteiger partial charge on any atom is 0.169 e. The van der Waals surface area contributed by atoms with E-state index in [1.165, 1.54) is 0 Å². The van der Waals surface area contributed by atoms with Gasteiger partial charge in [-0.3, -0.25) is 9.69 Å². The molecule has 1 rings (SSSR count). The van der Waals surface area contributed by atoms with E-state index in [0.29, 0.717) is 6.54 Å². The van der Waals surface area contributed by atoms with E-state index in [0.717, 1.165) is 6.54 Å². The SMILES string of the molecule is CN1CC=CC(=O)C1. The van der Waals surface area contributed by atoms with Gasteiger partial charge >= 0.3 is 0 Å². The molecule has 1 aliphatic heterocycles. The van der Waals surface area contributed by atoms with Crippen molar-refractivity contribution in [2.24, 2.45) is 0 Å². The quantitative estimate of drug-likeness (QED) is 0.440. The first kappa shape index (κ1) is 5.51. The second-order valence-corrected chi connectivity index (χ2v) is 2.07. The Morgan fingerprint density at radius 2 is 2.50 bits per heavy atom. The highest BCUT2D eigenvalue weighted by Gasteiger charge is 2.05. The van der Waals surface area contributed by atoms with Crippen molar-refractivity contribution in [1.82, 2.24) is 4.90 Å². The largest absolute Gasteiger partial charge is 0.295 e. The topological polar surface area (TPSA) is 20.3 Å². The first-order valence-corrected chi connectivity index (χ1v) is 2.67. The predicted octanol–water partition coefficient (Wildman–Crippen LogP) is 0.0571. The third kappa shape index (κ3) is 1.17. The van der Waals surface area contributed by atoms with E-state index in [4.69, 9.17) is 0 Å². The zero-order valence-corrected chi connectivity index (χ0v) is 4.92. The van der Waals surface area contributed by atoms with Crippen LogP contribution in [-0.2, 0) is 4.79 Å². The molecule has 44 valence electrons. The van der Waals surface area contributed by atoms with Gasteiger partial charge in [-0.1, -0.05) is 6.08 Å². The van der Waals surface area contributed by atoms with Gasteiger partial charge in [0.2, 0.25) is 0 Å². The molecule has 0 amide bonds. The summed E-state index contributed by atoms with van der Waals surface area (Å²) in [5.41, 5.74) is 0. The second kappa shape index (κ2) is 2.09. The molecule has 0 aromatic heterocycles. The molecule has 0 spiro atoms. The van der Waals surface area contributed by atoms with E-state index in [1.54, 1.807) is 6.08 Å². The summed E-state index contributed by atoms with van der Waals surface area (Å²) in [6.45, 7) is 1.49. The van der Waals surface area contributed by atoms with Gasteiger partial charge in [-0.25, -0.2) is 0 Å². The Bertz CT molecular complexity index is 128. The Balaban J connectivity index is 2.54. The van der Waals surface area contributed by atoms with E-state index in [-0.39, 0.29) is 5.78 Å². The fourth-order valence-corrected chi connectivity index (χ4v) is 0.747. The molecule has 0 N–H and O–H groups in total. The fraction of sp³-hybridized carbons (Fsp3) is 0.500. The van der Waals surface area contributed by atoms with Crippen LogP contribution in [0.2, 0.25) is 0 Å². The Labute approximate surface area is 48.8 Å². The third-order valence-electron chi connectivity index (χ3n) is 1.15. The number of nitrogens with zero attached hydrogens (tertiary/aromatic N) is 1. The van der Waals surface area contributed by atoms with Gasteiger partial charge in [0, 0.05) is 6.54 Å². The van der Waals surface area contributed by atoms with Crippen molar-refractivity contribution in [3.05, 3.63) is 12.2 Å². The van der Waals surface area contributed by atoms with Crippen LogP contribution < -0.4 is 0 Å². The molecule has 0 aromatic carbocycles. The van der Waals surface area contributed by atoms with Crippen LogP contribution in [0.3, 0.4) is 0 Å². The Morgan fingerprint density at radius 1 is 1.75 bits per heavy atom. The monoisotopic (exact) mass is 111 g/mol. The first-order valence-electron chi connectivity index (χ1n) is 2.67. The summed E-state index contributed by atoms with van der Waals surface area (Å²) in [5.74, 6) is 0.207. The highest BCUT2D eigenvalue weighted by atomic mass is 16.1. The maximum absolute atomic E-state index is 10.5. The third-order valence-corrected chi connectivity index (χ3v) is 1.15. The molecule has 0 aliphatic carbocycles. The molecule has 1 aliphatic rings. The second-order valence-electron chi connectivity index (χ2n) is 2.07. The van der Waals surface area contributed by atoms with E-state index < -0.39 is 0 Å². The van der Waals surface area contributed by atoms with Crippen LogP contribution in [0.5, 0.6) is 0 Å². The molecular formula is C6H9NO. The summed E-state index contributed by atoms with van der Waals surface area (Å²) in [7, 11) is 1.93. The lowest BCUT2D eigenvalue weighted by molar-refractivity contribution is -0.115. The maximum atomic E-state index is 10.5. The Hall–Kier alpha value is -0.630. The minimum absolute atomic E-state index is 0.207. The number of ketones is 1. The molecule has 2 heteroatoms. The van der Waals surface area contributed by atoms with Crippen LogP contribution in [0.1, 0.15) is 0 Å². The molecule has 1 heterocycles. The molecule has 0 saturated carbocycles. The lowest BCUT2D eigenvalue weighted by Gasteiger charge is -2.14. The average Bonchev–Trinajstić information content (AvgIpc) is 1.64. The number of likely N-dealkylation sites (N-methyl/N-ethyl adjacent to an activating group) is 1. The molecule has 0 bridgehead atoms. The Kier molecular flexibility index (Phi) is 1.44. The predicted molar refractivity (Wildman–Crippen MR) is 31.6 cm³/mol. The number of carbonyl (C=O) groups excluding carboxylic acids is 1. The molecule has 0 aromatic rings. The van der Waals surface area contributed by atoms with Gasteiger partial charge in [-0.2, -0.15) is 0 Å². The van der Waals surface area contributed by atoms with Crippen molar-refractivity contribution < 1.29 is 4.79 Å². The highest BCUT2D eigenvalue weighted by molar-refractivity contribution is 5.92. The molecule has 2 nitrogen and oxygen atoms in total. The van der Waals surface area contributed by atoms with Gasteiger partial charge in [0.05, 0.1) is 6.54 Å². The number of hydrogen-bond donors (Lipinski definition) is 0. The van der Waals surface area contributed by atoms with Crippen LogP contribution in [0, 0.1) is 0 Å². The van der Waals surface area contributed by atoms with Crippen LogP contribution in [-0.4, -0.2) is 30.8 Å². The standard InChI is InChI=1S/C6H9NO/c1-7-4-2-3-6(8)5-7/h2-3H,4-5H2,1H3. The summed E-state index contributed by atoms with van der Waals surface area (Å²) < 4.78 is 0. The molecule has 0 atom stereocenters. The van der Waals surface area contributed by atoms with E-state index in [1.807, 2.05) is 18.0 Å². The zero-order chi connectivity index (χ0) is 5.98. The van der Waals surface area contributed by atoms with Gasteiger partial charge in [-0.05, 0) is 13.1 Å². The van der Waals surface area contributed by atoms with Gasteiger partial charge in [0.15, 0.2) is 5.78 Å². The Morgan fingerprint density at radius 3 is 2.88 bits per heavy atom. The number of carbonyl (C=O) groups is 1. The van der Waals surface area contributed by atoms with Crippen molar-refractivity contribution in [3.8, 4) is 0 Å². The highest BCUT2D eigenvalue weighted by Crippen LogP contribution is 1.92. The first-order chi connectivity index (χ1) is 3.79. The summed E-state index contributed by atoms with van der Waals surface area (Å²) in [5, 5.41) is 0. The summed E-state index contributed by atoms with van der Waals surface area (Å²) >= 11 is 0. The molecule has 8 heavy (non-hydrogen) atoms. The number of rotatable bonds is 0. The molecule has 0 fully saturated rings. The van der Waals surface area contributed by atoms with Crippen LogP contribution in [0.4, 0.5) is 0 Å². The van der Waals surface area contributed by atoms with Crippen LogP contribution in [0.15, 0.2) is 12.2 Å². The van der Waals surface area contributed by atoms with Crippen molar-refractivity contribution in [2.45, 2.75) is 0 Å². The van der Waals surface area contributed by atoms with Gasteiger partial charge < -0.3 is 0 Å². The van der Waals surface area contributed by atoms with Crippen LogP contribution >= 0.6 is 0 Å². The molecule has 0 saturated heterocycles. The minimum Gasteiger partial charge on any atom is -0.295 e.